The second-order valence-electron chi connectivity index (χ2n) is 5.81. The number of hydrogen-bond acceptors (Lipinski definition) is 3. The predicted octanol–water partition coefficient (Wildman–Crippen LogP) is 1.72. The van der Waals surface area contributed by atoms with Gasteiger partial charge >= 0.3 is 0 Å². The number of rotatable bonds is 6. The molecule has 0 aliphatic heterocycles. The molecular weight excluding hydrogens is 280 g/mol. The van der Waals surface area contributed by atoms with E-state index in [1.165, 1.54) is 0 Å². The van der Waals surface area contributed by atoms with Crippen molar-refractivity contribution in [2.45, 2.75) is 38.7 Å². The molecule has 5 nitrogen and oxygen atoms in total. The summed E-state index contributed by atoms with van der Waals surface area (Å²) in [5.74, 6) is -0.230. The van der Waals surface area contributed by atoms with Gasteiger partial charge in [0.1, 0.15) is 0 Å². The maximum atomic E-state index is 12.2. The van der Waals surface area contributed by atoms with E-state index < -0.39 is 0 Å². The van der Waals surface area contributed by atoms with Crippen molar-refractivity contribution in [1.29, 1.82) is 0 Å². The Morgan fingerprint density at radius 2 is 1.86 bits per heavy atom. The fourth-order valence-corrected chi connectivity index (χ4v) is 2.72. The molecule has 0 aromatic heterocycles. The van der Waals surface area contributed by atoms with Crippen LogP contribution in [0.5, 0.6) is 0 Å². The number of benzene rings is 1. The monoisotopic (exact) mass is 304 g/mol. The van der Waals surface area contributed by atoms with E-state index in [2.05, 4.69) is 10.6 Å². The van der Waals surface area contributed by atoms with Crippen molar-refractivity contribution >= 4 is 11.8 Å². The number of nitrogens with one attached hydrogen (secondary N) is 2. The summed E-state index contributed by atoms with van der Waals surface area (Å²) in [6.45, 7) is 3.09. The van der Waals surface area contributed by atoms with E-state index in [1.54, 1.807) is 24.3 Å². The zero-order chi connectivity index (χ0) is 15.9. The molecule has 5 heteroatoms. The van der Waals surface area contributed by atoms with E-state index in [9.17, 15) is 14.7 Å². The first-order valence-electron chi connectivity index (χ1n) is 7.96. The molecule has 1 aliphatic rings. The molecule has 2 atom stereocenters. The molecule has 1 aliphatic carbocycles. The van der Waals surface area contributed by atoms with Gasteiger partial charge in [0.15, 0.2) is 0 Å². The van der Waals surface area contributed by atoms with Gasteiger partial charge in [-0.2, -0.15) is 0 Å². The number of carbonyl (C=O) groups is 2. The van der Waals surface area contributed by atoms with Gasteiger partial charge in [-0.1, -0.05) is 19.4 Å². The van der Waals surface area contributed by atoms with Gasteiger partial charge in [-0.25, -0.2) is 0 Å². The maximum absolute atomic E-state index is 12.2. The zero-order valence-electron chi connectivity index (χ0n) is 13.0. The normalized spacial score (nSPS) is 20.6. The van der Waals surface area contributed by atoms with Crippen LogP contribution >= 0.6 is 0 Å². The van der Waals surface area contributed by atoms with Gasteiger partial charge in [-0.15, -0.1) is 0 Å². The molecule has 2 rings (SSSR count). The minimum atomic E-state index is -0.313. The Labute approximate surface area is 131 Å². The van der Waals surface area contributed by atoms with E-state index >= 15 is 0 Å². The first kappa shape index (κ1) is 16.5. The van der Waals surface area contributed by atoms with Gasteiger partial charge in [0.2, 0.25) is 0 Å². The minimum Gasteiger partial charge on any atom is -0.393 e. The topological polar surface area (TPSA) is 78.4 Å². The standard InChI is InChI=1S/C17H24N2O3/c1-2-9-18-16(21)12-5-3-6-13(10-12)17(22)19-11-14-7-4-8-15(14)20/h3,5-6,10,14-15,20H,2,4,7-9,11H2,1H3,(H,18,21)(H,19,22). The van der Waals surface area contributed by atoms with Crippen LogP contribution in [0, 0.1) is 5.92 Å². The highest BCUT2D eigenvalue weighted by atomic mass is 16.3. The van der Waals surface area contributed by atoms with Crippen LogP contribution in [0.1, 0.15) is 53.3 Å². The summed E-state index contributed by atoms with van der Waals surface area (Å²) in [5.41, 5.74) is 0.957. The van der Waals surface area contributed by atoms with E-state index in [4.69, 9.17) is 0 Å². The maximum Gasteiger partial charge on any atom is 0.251 e. The average Bonchev–Trinajstić information content (AvgIpc) is 2.95. The van der Waals surface area contributed by atoms with Crippen molar-refractivity contribution in [3.8, 4) is 0 Å². The Morgan fingerprint density at radius 1 is 1.18 bits per heavy atom. The van der Waals surface area contributed by atoms with Crippen molar-refractivity contribution in [2.75, 3.05) is 13.1 Å². The van der Waals surface area contributed by atoms with Crippen LogP contribution in [0.15, 0.2) is 24.3 Å². The average molecular weight is 304 g/mol. The van der Waals surface area contributed by atoms with E-state index in [-0.39, 0.29) is 23.8 Å². The summed E-state index contributed by atoms with van der Waals surface area (Å²) in [7, 11) is 0. The van der Waals surface area contributed by atoms with Crippen LogP contribution in [0.2, 0.25) is 0 Å². The van der Waals surface area contributed by atoms with Gasteiger partial charge in [-0.05, 0) is 37.5 Å². The lowest BCUT2D eigenvalue weighted by Gasteiger charge is -2.15. The Morgan fingerprint density at radius 3 is 2.45 bits per heavy atom. The largest absolute Gasteiger partial charge is 0.393 e. The molecule has 3 N–H and O–H groups in total. The lowest BCUT2D eigenvalue weighted by Crippen LogP contribution is -2.32. The van der Waals surface area contributed by atoms with E-state index in [0.29, 0.717) is 24.2 Å². The fourth-order valence-electron chi connectivity index (χ4n) is 2.72. The predicted molar refractivity (Wildman–Crippen MR) is 84.7 cm³/mol. The third-order valence-electron chi connectivity index (χ3n) is 4.07. The Hall–Kier alpha value is -1.88. The number of hydrogen-bond donors (Lipinski definition) is 3. The smallest absolute Gasteiger partial charge is 0.251 e. The fraction of sp³-hybridized carbons (Fsp3) is 0.529. The molecule has 0 saturated heterocycles. The van der Waals surface area contributed by atoms with E-state index in [1.807, 2.05) is 6.92 Å². The molecule has 2 unspecified atom stereocenters. The van der Waals surface area contributed by atoms with Gasteiger partial charge in [0.25, 0.3) is 11.8 Å². The Kier molecular flexibility index (Phi) is 5.95. The Bertz CT molecular complexity index is 530. The van der Waals surface area contributed by atoms with Gasteiger partial charge in [-0.3, -0.25) is 9.59 Å². The van der Waals surface area contributed by atoms with Crippen LogP contribution < -0.4 is 10.6 Å². The third-order valence-corrected chi connectivity index (χ3v) is 4.07. The molecular formula is C17H24N2O3. The number of carbonyl (C=O) groups excluding carboxylic acids is 2. The number of amides is 2. The summed E-state index contributed by atoms with van der Waals surface area (Å²) >= 11 is 0. The van der Waals surface area contributed by atoms with E-state index in [0.717, 1.165) is 25.7 Å². The second kappa shape index (κ2) is 7.94. The lowest BCUT2D eigenvalue weighted by molar-refractivity contribution is 0.0916. The zero-order valence-corrected chi connectivity index (χ0v) is 13.0. The summed E-state index contributed by atoms with van der Waals surface area (Å²) in [4.78, 5) is 24.1. The molecule has 1 aromatic rings. The Balaban J connectivity index is 1.93. The molecule has 0 bridgehead atoms. The summed E-state index contributed by atoms with van der Waals surface area (Å²) in [5, 5.41) is 15.4. The highest BCUT2D eigenvalue weighted by molar-refractivity contribution is 5.99. The SMILES string of the molecule is CCCNC(=O)c1cccc(C(=O)NCC2CCCC2O)c1. The lowest BCUT2D eigenvalue weighted by atomic mass is 10.1. The van der Waals surface area contributed by atoms with Crippen LogP contribution in [-0.2, 0) is 0 Å². The van der Waals surface area contributed by atoms with Crippen LogP contribution in [0.3, 0.4) is 0 Å². The molecule has 0 heterocycles. The second-order valence-corrected chi connectivity index (χ2v) is 5.81. The molecule has 0 spiro atoms. The first-order chi connectivity index (χ1) is 10.6. The van der Waals surface area contributed by atoms with Crippen LogP contribution in [-0.4, -0.2) is 36.1 Å². The molecule has 1 saturated carbocycles. The summed E-state index contributed by atoms with van der Waals surface area (Å²) in [6, 6.07) is 6.70. The van der Waals surface area contributed by atoms with Crippen molar-refractivity contribution in [1.82, 2.24) is 10.6 Å². The summed E-state index contributed by atoms with van der Waals surface area (Å²) in [6.07, 6.45) is 3.32. The summed E-state index contributed by atoms with van der Waals surface area (Å²) < 4.78 is 0. The van der Waals surface area contributed by atoms with Crippen molar-refractivity contribution < 1.29 is 14.7 Å². The molecule has 1 aromatic carbocycles. The minimum absolute atomic E-state index is 0.139. The van der Waals surface area contributed by atoms with Crippen LogP contribution in [0.25, 0.3) is 0 Å². The third kappa shape index (κ3) is 4.31. The van der Waals surface area contributed by atoms with Gasteiger partial charge in [0, 0.05) is 30.1 Å². The van der Waals surface area contributed by atoms with Crippen LogP contribution in [0.4, 0.5) is 0 Å². The molecule has 0 radical (unpaired) electrons. The molecule has 22 heavy (non-hydrogen) atoms. The van der Waals surface area contributed by atoms with Gasteiger partial charge < -0.3 is 15.7 Å². The quantitative estimate of drug-likeness (QED) is 0.749. The molecule has 120 valence electrons. The van der Waals surface area contributed by atoms with Crippen molar-refractivity contribution in [3.05, 3.63) is 35.4 Å². The first-order valence-corrected chi connectivity index (χ1v) is 7.96. The highest BCUT2D eigenvalue weighted by Gasteiger charge is 2.25. The highest BCUT2D eigenvalue weighted by Crippen LogP contribution is 2.24. The number of aliphatic hydroxyl groups excluding tert-OH is 1. The number of aliphatic hydroxyl groups is 1. The molecule has 1 fully saturated rings. The molecule has 2 amide bonds. The van der Waals surface area contributed by atoms with Crippen molar-refractivity contribution in [2.24, 2.45) is 5.92 Å². The van der Waals surface area contributed by atoms with Gasteiger partial charge in [0.05, 0.1) is 6.10 Å². The van der Waals surface area contributed by atoms with Crippen molar-refractivity contribution in [3.63, 3.8) is 0 Å².